The third kappa shape index (κ3) is 3.07. The number of nitrogens with zero attached hydrogens (tertiary/aromatic N) is 4. The molecule has 4 aromatic rings. The van der Waals surface area contributed by atoms with Crippen molar-refractivity contribution in [3.63, 3.8) is 0 Å². The van der Waals surface area contributed by atoms with Gasteiger partial charge in [0.1, 0.15) is 6.61 Å². The lowest BCUT2D eigenvalue weighted by Crippen LogP contribution is -2.06. The molecule has 2 aromatic heterocycles. The lowest BCUT2D eigenvalue weighted by atomic mass is 10.1. The predicted octanol–water partition coefficient (Wildman–Crippen LogP) is 2.78. The fourth-order valence-electron chi connectivity index (χ4n) is 2.62. The van der Waals surface area contributed by atoms with E-state index in [2.05, 4.69) is 27.5 Å². The molecule has 124 valence electrons. The molecule has 0 fully saturated rings. The van der Waals surface area contributed by atoms with Gasteiger partial charge in [-0.2, -0.15) is 4.80 Å². The second-order valence-corrected chi connectivity index (χ2v) is 6.48. The molecule has 0 radical (unpaired) electrons. The number of carbonyl (C=O) groups excluding carboxylic acids is 1. The Balaban J connectivity index is 1.56. The summed E-state index contributed by atoms with van der Waals surface area (Å²) in [6.07, 6.45) is 0. The number of hydrogen-bond acceptors (Lipinski definition) is 6. The van der Waals surface area contributed by atoms with Crippen LogP contribution in [0, 0.1) is 0 Å². The smallest absolute Gasteiger partial charge is 0.206 e. The van der Waals surface area contributed by atoms with Crippen molar-refractivity contribution >= 4 is 27.2 Å². The average molecular weight is 350 g/mol. The number of hydrogen-bond donors (Lipinski definition) is 1. The van der Waals surface area contributed by atoms with Crippen LogP contribution in [0.1, 0.15) is 15.9 Å². The number of aliphatic hydroxyl groups is 1. The molecule has 0 unspecified atom stereocenters. The number of thiophene rings is 1. The van der Waals surface area contributed by atoms with Gasteiger partial charge in [0.2, 0.25) is 5.82 Å². The number of tetrazole rings is 1. The number of fused-ring (bicyclic) bond motifs is 1. The minimum absolute atomic E-state index is 0.294. The fraction of sp³-hybridized carbons (Fsp3) is 0.111. The summed E-state index contributed by atoms with van der Waals surface area (Å²) in [6.45, 7) is -0.0232. The molecule has 2 heterocycles. The Labute approximate surface area is 147 Å². The number of aromatic nitrogens is 4. The third-order valence-corrected chi connectivity index (χ3v) is 4.88. The maximum atomic E-state index is 11.4. The summed E-state index contributed by atoms with van der Waals surface area (Å²) in [6, 6.07) is 15.2. The molecule has 0 amide bonds. The van der Waals surface area contributed by atoms with Gasteiger partial charge in [0.25, 0.3) is 0 Å². The topological polar surface area (TPSA) is 80.9 Å². The Hall–Kier alpha value is -2.90. The molecule has 0 bridgehead atoms. The zero-order valence-electron chi connectivity index (χ0n) is 13.2. The molecule has 6 nitrogen and oxygen atoms in total. The van der Waals surface area contributed by atoms with Crippen molar-refractivity contribution in [1.29, 1.82) is 0 Å². The number of ketones is 1. The van der Waals surface area contributed by atoms with E-state index >= 15 is 0 Å². The van der Waals surface area contributed by atoms with Crippen molar-refractivity contribution < 1.29 is 9.90 Å². The van der Waals surface area contributed by atoms with Gasteiger partial charge in [0, 0.05) is 26.6 Å². The highest BCUT2D eigenvalue weighted by atomic mass is 32.1. The van der Waals surface area contributed by atoms with Gasteiger partial charge in [-0.05, 0) is 16.8 Å². The zero-order chi connectivity index (χ0) is 17.2. The molecule has 0 aliphatic heterocycles. The van der Waals surface area contributed by atoms with Crippen molar-refractivity contribution in [2.75, 3.05) is 6.61 Å². The standard InChI is InChI=1S/C18H14N4O2S/c23-10-16(24)13-7-5-12(6-8-13)9-22-20-18(19-21-22)15-11-25-17-4-2-1-3-14(15)17/h1-8,11,23H,9-10H2. The maximum Gasteiger partial charge on any atom is 0.206 e. The van der Waals surface area contributed by atoms with Gasteiger partial charge in [0.15, 0.2) is 5.78 Å². The lowest BCUT2D eigenvalue weighted by Gasteiger charge is -2.01. The van der Waals surface area contributed by atoms with Gasteiger partial charge in [-0.3, -0.25) is 4.79 Å². The van der Waals surface area contributed by atoms with Crippen LogP contribution in [0.5, 0.6) is 0 Å². The first-order valence-corrected chi connectivity index (χ1v) is 8.60. The number of carbonyl (C=O) groups is 1. The quantitative estimate of drug-likeness (QED) is 0.560. The van der Waals surface area contributed by atoms with Crippen molar-refractivity contribution in [3.05, 3.63) is 65.0 Å². The molecule has 25 heavy (non-hydrogen) atoms. The first kappa shape index (κ1) is 15.6. The summed E-state index contributed by atoms with van der Waals surface area (Å²) in [5, 5.41) is 24.8. The van der Waals surface area contributed by atoms with E-state index < -0.39 is 6.61 Å². The molecule has 0 aliphatic carbocycles. The van der Waals surface area contributed by atoms with Crippen molar-refractivity contribution in [2.24, 2.45) is 0 Å². The monoisotopic (exact) mass is 350 g/mol. The fourth-order valence-corrected chi connectivity index (χ4v) is 3.56. The highest BCUT2D eigenvalue weighted by molar-refractivity contribution is 7.17. The molecule has 0 atom stereocenters. The largest absolute Gasteiger partial charge is 0.388 e. The molecule has 0 aliphatic rings. The van der Waals surface area contributed by atoms with Gasteiger partial charge in [-0.25, -0.2) is 0 Å². The summed E-state index contributed by atoms with van der Waals surface area (Å²) in [5.41, 5.74) is 2.42. The Morgan fingerprint density at radius 3 is 2.72 bits per heavy atom. The molecule has 0 saturated carbocycles. The van der Waals surface area contributed by atoms with E-state index in [4.69, 9.17) is 5.11 Å². The number of aliphatic hydroxyl groups excluding tert-OH is 1. The van der Waals surface area contributed by atoms with Gasteiger partial charge in [0.05, 0.1) is 6.54 Å². The maximum absolute atomic E-state index is 11.4. The van der Waals surface area contributed by atoms with Gasteiger partial charge in [-0.1, -0.05) is 42.5 Å². The van der Waals surface area contributed by atoms with Crippen molar-refractivity contribution in [2.45, 2.75) is 6.54 Å². The van der Waals surface area contributed by atoms with Gasteiger partial charge < -0.3 is 5.11 Å². The minimum Gasteiger partial charge on any atom is -0.388 e. The summed E-state index contributed by atoms with van der Waals surface area (Å²) < 4.78 is 1.19. The Bertz CT molecular complexity index is 1040. The Morgan fingerprint density at radius 1 is 1.12 bits per heavy atom. The van der Waals surface area contributed by atoms with E-state index in [0.717, 1.165) is 16.5 Å². The zero-order valence-corrected chi connectivity index (χ0v) is 14.0. The molecule has 0 saturated heterocycles. The third-order valence-electron chi connectivity index (χ3n) is 3.92. The first-order chi connectivity index (χ1) is 12.2. The molecular formula is C18H14N4O2S. The van der Waals surface area contributed by atoms with E-state index in [0.29, 0.717) is 17.9 Å². The van der Waals surface area contributed by atoms with Crippen LogP contribution in [0.25, 0.3) is 21.5 Å². The second-order valence-electron chi connectivity index (χ2n) is 5.57. The van der Waals surface area contributed by atoms with Crippen molar-refractivity contribution in [1.82, 2.24) is 20.2 Å². The molecule has 2 aromatic carbocycles. The van der Waals surface area contributed by atoms with E-state index in [1.54, 1.807) is 23.5 Å². The number of rotatable bonds is 5. The Morgan fingerprint density at radius 2 is 1.92 bits per heavy atom. The van der Waals surface area contributed by atoms with E-state index in [1.165, 1.54) is 9.50 Å². The molecular weight excluding hydrogens is 336 g/mol. The van der Waals surface area contributed by atoms with Crippen LogP contribution < -0.4 is 0 Å². The van der Waals surface area contributed by atoms with Crippen LogP contribution in [0.15, 0.2) is 53.9 Å². The first-order valence-electron chi connectivity index (χ1n) is 7.72. The molecule has 1 N–H and O–H groups in total. The van der Waals surface area contributed by atoms with E-state index in [9.17, 15) is 4.79 Å². The highest BCUT2D eigenvalue weighted by Crippen LogP contribution is 2.31. The number of benzene rings is 2. The minimum atomic E-state index is -0.484. The normalized spacial score (nSPS) is 11.1. The van der Waals surface area contributed by atoms with Crippen LogP contribution >= 0.6 is 11.3 Å². The van der Waals surface area contributed by atoms with Crippen LogP contribution in [0.4, 0.5) is 0 Å². The molecule has 4 rings (SSSR count). The summed E-state index contributed by atoms with van der Waals surface area (Å²) in [4.78, 5) is 13.0. The highest BCUT2D eigenvalue weighted by Gasteiger charge is 2.12. The summed E-state index contributed by atoms with van der Waals surface area (Å²) in [5.74, 6) is 0.307. The van der Waals surface area contributed by atoms with Gasteiger partial charge >= 0.3 is 0 Å². The van der Waals surface area contributed by atoms with Crippen LogP contribution in [-0.4, -0.2) is 37.7 Å². The second kappa shape index (κ2) is 6.54. The SMILES string of the molecule is O=C(CO)c1ccc(Cn2nnc(-c3csc4ccccc34)n2)cc1. The van der Waals surface area contributed by atoms with Crippen LogP contribution in [0.2, 0.25) is 0 Å². The van der Waals surface area contributed by atoms with E-state index in [-0.39, 0.29) is 5.78 Å². The van der Waals surface area contributed by atoms with E-state index in [1.807, 2.05) is 29.6 Å². The number of Topliss-reactive ketones (excluding diaryl/α,β-unsaturated/α-hetero) is 1. The average Bonchev–Trinajstić information content (AvgIpc) is 3.28. The Kier molecular flexibility index (Phi) is 4.09. The predicted molar refractivity (Wildman–Crippen MR) is 95.6 cm³/mol. The lowest BCUT2D eigenvalue weighted by molar-refractivity contribution is 0.0903. The molecule has 0 spiro atoms. The van der Waals surface area contributed by atoms with Crippen LogP contribution in [0.3, 0.4) is 0 Å². The summed E-state index contributed by atoms with van der Waals surface area (Å²) >= 11 is 1.66. The van der Waals surface area contributed by atoms with Gasteiger partial charge in [-0.15, -0.1) is 21.5 Å². The summed E-state index contributed by atoms with van der Waals surface area (Å²) in [7, 11) is 0. The molecule has 7 heteroatoms. The van der Waals surface area contributed by atoms with Crippen molar-refractivity contribution in [3.8, 4) is 11.4 Å². The van der Waals surface area contributed by atoms with Crippen LogP contribution in [-0.2, 0) is 6.54 Å².